The second-order valence-corrected chi connectivity index (χ2v) is 6.85. The Labute approximate surface area is 109 Å². The van der Waals surface area contributed by atoms with Crippen LogP contribution in [0, 0.1) is 6.92 Å². The molecular formula is C11H9ClO3S2. The van der Waals surface area contributed by atoms with Gasteiger partial charge in [-0.3, -0.25) is 0 Å². The predicted molar refractivity (Wildman–Crippen MR) is 68.3 cm³/mol. The van der Waals surface area contributed by atoms with Gasteiger partial charge < -0.3 is 4.18 Å². The van der Waals surface area contributed by atoms with E-state index in [9.17, 15) is 8.42 Å². The van der Waals surface area contributed by atoms with Crippen LogP contribution in [0.3, 0.4) is 0 Å². The number of aryl methyl sites for hydroxylation is 1. The highest BCUT2D eigenvalue weighted by Gasteiger charge is 2.19. The Hall–Kier alpha value is -1.04. The van der Waals surface area contributed by atoms with Crippen LogP contribution in [0.4, 0.5) is 0 Å². The molecular weight excluding hydrogens is 280 g/mol. The van der Waals surface area contributed by atoms with Crippen LogP contribution in [0.1, 0.15) is 5.56 Å². The summed E-state index contributed by atoms with van der Waals surface area (Å²) in [5.41, 5.74) is 0.763. The Morgan fingerprint density at radius 3 is 2.47 bits per heavy atom. The minimum Gasteiger partial charge on any atom is -0.378 e. The van der Waals surface area contributed by atoms with Crippen molar-refractivity contribution in [2.24, 2.45) is 0 Å². The van der Waals surface area contributed by atoms with Crippen molar-refractivity contribution in [3.63, 3.8) is 0 Å². The molecule has 0 spiro atoms. The van der Waals surface area contributed by atoms with E-state index in [1.54, 1.807) is 25.1 Å². The fourth-order valence-corrected chi connectivity index (χ4v) is 3.68. The van der Waals surface area contributed by atoms with Gasteiger partial charge in [-0.25, -0.2) is 0 Å². The Morgan fingerprint density at radius 1 is 1.18 bits per heavy atom. The number of hydrogen-bond donors (Lipinski definition) is 0. The summed E-state index contributed by atoms with van der Waals surface area (Å²) in [6, 6.07) is 9.89. The van der Waals surface area contributed by atoms with Crippen LogP contribution in [0.15, 0.2) is 40.6 Å². The van der Waals surface area contributed by atoms with E-state index in [-0.39, 0.29) is 4.21 Å². The molecule has 0 amide bonds. The van der Waals surface area contributed by atoms with E-state index in [4.69, 9.17) is 15.8 Å². The van der Waals surface area contributed by atoms with Crippen molar-refractivity contribution in [3.05, 3.63) is 46.3 Å². The lowest BCUT2D eigenvalue weighted by Crippen LogP contribution is -2.08. The first kappa shape index (κ1) is 12.4. The summed E-state index contributed by atoms with van der Waals surface area (Å²) in [5, 5.41) is 0. The molecule has 1 heterocycles. The maximum atomic E-state index is 11.9. The van der Waals surface area contributed by atoms with Gasteiger partial charge in [0.2, 0.25) is 0 Å². The molecule has 0 fully saturated rings. The van der Waals surface area contributed by atoms with Crippen LogP contribution in [0.5, 0.6) is 5.75 Å². The SMILES string of the molecule is Cc1ccccc1OS(=O)(=O)c1ccc(Cl)s1. The maximum absolute atomic E-state index is 11.9. The fourth-order valence-electron chi connectivity index (χ4n) is 1.24. The first-order valence-corrected chi connectivity index (χ1v) is 7.35. The van der Waals surface area contributed by atoms with E-state index in [1.165, 1.54) is 12.1 Å². The molecule has 3 nitrogen and oxygen atoms in total. The summed E-state index contributed by atoms with van der Waals surface area (Å²) in [6.07, 6.45) is 0. The van der Waals surface area contributed by atoms with Gasteiger partial charge in [0, 0.05) is 0 Å². The quantitative estimate of drug-likeness (QED) is 0.812. The lowest BCUT2D eigenvalue weighted by molar-refractivity contribution is 0.486. The summed E-state index contributed by atoms with van der Waals surface area (Å²) < 4.78 is 29.4. The molecule has 0 saturated heterocycles. The molecule has 17 heavy (non-hydrogen) atoms. The molecule has 0 saturated carbocycles. The van der Waals surface area contributed by atoms with Crippen LogP contribution in [0.2, 0.25) is 4.34 Å². The molecule has 1 aromatic carbocycles. The molecule has 6 heteroatoms. The third-order valence-electron chi connectivity index (χ3n) is 2.09. The van der Waals surface area contributed by atoms with Crippen LogP contribution >= 0.6 is 22.9 Å². The second-order valence-electron chi connectivity index (χ2n) is 3.36. The third-order valence-corrected chi connectivity index (χ3v) is 5.00. The van der Waals surface area contributed by atoms with Gasteiger partial charge in [-0.15, -0.1) is 11.3 Å². The number of benzene rings is 1. The van der Waals surface area contributed by atoms with Gasteiger partial charge in [-0.1, -0.05) is 29.8 Å². The first-order valence-electron chi connectivity index (χ1n) is 4.74. The normalized spacial score (nSPS) is 11.4. The zero-order valence-corrected chi connectivity index (χ0v) is 11.3. The molecule has 2 aromatic rings. The molecule has 0 radical (unpaired) electrons. The first-order chi connectivity index (χ1) is 7.99. The van der Waals surface area contributed by atoms with E-state index in [0.29, 0.717) is 10.1 Å². The summed E-state index contributed by atoms with van der Waals surface area (Å²) in [4.78, 5) is 0. The Bertz CT molecular complexity index is 632. The molecule has 0 aliphatic heterocycles. The standard InChI is InChI=1S/C11H9ClO3S2/c1-8-4-2-3-5-9(8)15-17(13,14)11-7-6-10(12)16-11/h2-7H,1H3. The smallest absolute Gasteiger partial charge is 0.348 e. The molecule has 1 aromatic heterocycles. The van der Waals surface area contributed by atoms with Gasteiger partial charge in [-0.05, 0) is 30.7 Å². The largest absolute Gasteiger partial charge is 0.378 e. The average Bonchev–Trinajstić information content (AvgIpc) is 2.69. The van der Waals surface area contributed by atoms with E-state index in [0.717, 1.165) is 16.9 Å². The monoisotopic (exact) mass is 288 g/mol. The molecule has 0 aliphatic rings. The van der Waals surface area contributed by atoms with Crippen molar-refractivity contribution in [1.29, 1.82) is 0 Å². The number of hydrogen-bond acceptors (Lipinski definition) is 4. The highest BCUT2D eigenvalue weighted by molar-refractivity contribution is 7.89. The number of halogens is 1. The molecule has 0 unspecified atom stereocenters. The molecule has 0 N–H and O–H groups in total. The van der Waals surface area contributed by atoms with Gasteiger partial charge >= 0.3 is 10.1 Å². The molecule has 90 valence electrons. The molecule has 2 rings (SSSR count). The van der Waals surface area contributed by atoms with Gasteiger partial charge in [-0.2, -0.15) is 8.42 Å². The molecule has 0 bridgehead atoms. The van der Waals surface area contributed by atoms with E-state index < -0.39 is 10.1 Å². The fraction of sp³-hybridized carbons (Fsp3) is 0.0909. The summed E-state index contributed by atoms with van der Waals surface area (Å²) in [7, 11) is -3.78. The van der Waals surface area contributed by atoms with Crippen LogP contribution in [-0.2, 0) is 10.1 Å². The average molecular weight is 289 g/mol. The summed E-state index contributed by atoms with van der Waals surface area (Å²) >= 11 is 6.67. The number of thiophene rings is 1. The maximum Gasteiger partial charge on any atom is 0.348 e. The van der Waals surface area contributed by atoms with Gasteiger partial charge in [0.1, 0.15) is 5.75 Å². The highest BCUT2D eigenvalue weighted by Crippen LogP contribution is 2.29. The minimum atomic E-state index is -3.78. The Kier molecular flexibility index (Phi) is 3.42. The third kappa shape index (κ3) is 2.80. The van der Waals surface area contributed by atoms with Crippen molar-refractivity contribution >= 4 is 33.1 Å². The summed E-state index contributed by atoms with van der Waals surface area (Å²) in [6.45, 7) is 1.78. The summed E-state index contributed by atoms with van der Waals surface area (Å²) in [5.74, 6) is 0.331. The van der Waals surface area contributed by atoms with E-state index >= 15 is 0 Å². The van der Waals surface area contributed by atoms with Crippen molar-refractivity contribution in [2.75, 3.05) is 0 Å². The minimum absolute atomic E-state index is 0.103. The van der Waals surface area contributed by atoms with Crippen molar-refractivity contribution < 1.29 is 12.6 Å². The van der Waals surface area contributed by atoms with Gasteiger partial charge in [0.15, 0.2) is 4.21 Å². The van der Waals surface area contributed by atoms with Gasteiger partial charge in [0.25, 0.3) is 0 Å². The number of rotatable bonds is 3. The van der Waals surface area contributed by atoms with E-state index in [2.05, 4.69) is 0 Å². The zero-order chi connectivity index (χ0) is 12.5. The van der Waals surface area contributed by atoms with E-state index in [1.807, 2.05) is 6.07 Å². The van der Waals surface area contributed by atoms with Crippen LogP contribution in [0.25, 0.3) is 0 Å². The lowest BCUT2D eigenvalue weighted by Gasteiger charge is -2.07. The second kappa shape index (κ2) is 4.68. The van der Waals surface area contributed by atoms with Crippen molar-refractivity contribution in [2.45, 2.75) is 11.1 Å². The zero-order valence-electron chi connectivity index (χ0n) is 8.88. The van der Waals surface area contributed by atoms with Crippen LogP contribution < -0.4 is 4.18 Å². The predicted octanol–water partition coefficient (Wildman–Crippen LogP) is 3.48. The highest BCUT2D eigenvalue weighted by atomic mass is 35.5. The van der Waals surface area contributed by atoms with Crippen molar-refractivity contribution in [3.8, 4) is 5.75 Å². The Morgan fingerprint density at radius 2 is 1.88 bits per heavy atom. The topological polar surface area (TPSA) is 43.4 Å². The van der Waals surface area contributed by atoms with Crippen LogP contribution in [-0.4, -0.2) is 8.42 Å². The number of para-hydroxylation sites is 1. The Balaban J connectivity index is 2.33. The lowest BCUT2D eigenvalue weighted by atomic mass is 10.2. The molecule has 0 atom stereocenters. The van der Waals surface area contributed by atoms with Gasteiger partial charge in [0.05, 0.1) is 4.34 Å². The molecule has 0 aliphatic carbocycles. The van der Waals surface area contributed by atoms with Crippen molar-refractivity contribution in [1.82, 2.24) is 0 Å².